The summed E-state index contributed by atoms with van der Waals surface area (Å²) in [6.07, 6.45) is 0. The predicted molar refractivity (Wildman–Crippen MR) is 74.6 cm³/mol. The molecule has 1 aromatic heterocycles. The Labute approximate surface area is 119 Å². The van der Waals surface area contributed by atoms with Gasteiger partial charge in [-0.3, -0.25) is 9.59 Å². The van der Waals surface area contributed by atoms with Crippen LogP contribution in [0.1, 0.15) is 23.1 Å². The van der Waals surface area contributed by atoms with Crippen molar-refractivity contribution in [3.05, 3.63) is 55.9 Å². The highest BCUT2D eigenvalue weighted by molar-refractivity contribution is 6.35. The molecule has 4 nitrogen and oxygen atoms in total. The fourth-order valence-electron chi connectivity index (χ4n) is 1.69. The Morgan fingerprint density at radius 2 is 1.95 bits per heavy atom. The molecule has 0 radical (unpaired) electrons. The summed E-state index contributed by atoms with van der Waals surface area (Å²) in [6, 6.07) is 6.27. The van der Waals surface area contributed by atoms with Crippen LogP contribution in [0, 0.1) is 6.92 Å². The Morgan fingerprint density at radius 3 is 2.53 bits per heavy atom. The Hall–Kier alpha value is -1.65. The average molecular weight is 297 g/mol. The lowest BCUT2D eigenvalue weighted by Crippen LogP contribution is -2.21. The molecular formula is C13H10Cl2N2O2. The van der Waals surface area contributed by atoms with Crippen LogP contribution in [0.3, 0.4) is 0 Å². The molecule has 0 aliphatic heterocycles. The molecule has 1 heterocycles. The van der Waals surface area contributed by atoms with E-state index in [1.54, 1.807) is 25.1 Å². The quantitative estimate of drug-likeness (QED) is 0.801. The lowest BCUT2D eigenvalue weighted by atomic mass is 10.2. The van der Waals surface area contributed by atoms with Crippen LogP contribution in [0.15, 0.2) is 29.1 Å². The number of carbonyl (C=O) groups excluding carboxylic acids is 1. The van der Waals surface area contributed by atoms with Gasteiger partial charge in [-0.25, -0.2) is 4.68 Å². The van der Waals surface area contributed by atoms with Gasteiger partial charge < -0.3 is 0 Å². The first-order valence-electron chi connectivity index (χ1n) is 5.47. The van der Waals surface area contributed by atoms with Crippen LogP contribution in [0.25, 0.3) is 5.69 Å². The van der Waals surface area contributed by atoms with E-state index in [4.69, 9.17) is 23.2 Å². The van der Waals surface area contributed by atoms with Crippen molar-refractivity contribution in [1.82, 2.24) is 9.78 Å². The number of nitrogens with zero attached hydrogens (tertiary/aromatic N) is 2. The number of halogens is 2. The molecule has 0 spiro atoms. The second-order valence-corrected chi connectivity index (χ2v) is 4.91. The van der Waals surface area contributed by atoms with Gasteiger partial charge in [0.1, 0.15) is 0 Å². The summed E-state index contributed by atoms with van der Waals surface area (Å²) < 4.78 is 1.46. The minimum Gasteiger partial charge on any atom is -0.293 e. The molecular weight excluding hydrogens is 287 g/mol. The van der Waals surface area contributed by atoms with Crippen LogP contribution in [-0.2, 0) is 0 Å². The number of rotatable bonds is 2. The van der Waals surface area contributed by atoms with Gasteiger partial charge in [0, 0.05) is 23.7 Å². The SMILES string of the molecule is CC(=O)c1nn(-c2ccc(Cl)cc2Cl)c(C)cc1=O. The number of aromatic nitrogens is 2. The fourth-order valence-corrected chi connectivity index (χ4v) is 2.18. The maximum absolute atomic E-state index is 11.7. The van der Waals surface area contributed by atoms with Crippen LogP contribution in [0.4, 0.5) is 0 Å². The monoisotopic (exact) mass is 296 g/mol. The number of hydrogen-bond acceptors (Lipinski definition) is 3. The van der Waals surface area contributed by atoms with Gasteiger partial charge in [0.15, 0.2) is 11.5 Å². The van der Waals surface area contributed by atoms with Gasteiger partial charge in [0.05, 0.1) is 10.7 Å². The van der Waals surface area contributed by atoms with Gasteiger partial charge >= 0.3 is 0 Å². The van der Waals surface area contributed by atoms with Crippen molar-refractivity contribution in [3.63, 3.8) is 0 Å². The van der Waals surface area contributed by atoms with Crippen molar-refractivity contribution in [2.75, 3.05) is 0 Å². The lowest BCUT2D eigenvalue weighted by Gasteiger charge is -2.12. The van der Waals surface area contributed by atoms with E-state index < -0.39 is 5.43 Å². The maximum atomic E-state index is 11.7. The van der Waals surface area contributed by atoms with Gasteiger partial charge in [-0.05, 0) is 25.1 Å². The minimum absolute atomic E-state index is 0.114. The second-order valence-electron chi connectivity index (χ2n) is 4.06. The molecule has 1 aromatic carbocycles. The summed E-state index contributed by atoms with van der Waals surface area (Å²) in [5, 5.41) is 4.95. The van der Waals surface area contributed by atoms with E-state index in [-0.39, 0.29) is 11.5 Å². The van der Waals surface area contributed by atoms with Crippen LogP contribution in [-0.4, -0.2) is 15.6 Å². The van der Waals surface area contributed by atoms with Crippen LogP contribution >= 0.6 is 23.2 Å². The topological polar surface area (TPSA) is 52.0 Å². The summed E-state index contributed by atoms with van der Waals surface area (Å²) in [6.45, 7) is 3.01. The average Bonchev–Trinajstić information content (AvgIpc) is 2.30. The molecule has 0 saturated carbocycles. The van der Waals surface area contributed by atoms with Crippen molar-refractivity contribution >= 4 is 29.0 Å². The first kappa shape index (κ1) is 13.8. The molecule has 0 aliphatic rings. The lowest BCUT2D eigenvalue weighted by molar-refractivity contribution is 0.101. The van der Waals surface area contributed by atoms with Crippen LogP contribution in [0.2, 0.25) is 10.0 Å². The number of ketones is 1. The van der Waals surface area contributed by atoms with E-state index in [2.05, 4.69) is 5.10 Å². The number of carbonyl (C=O) groups is 1. The first-order valence-corrected chi connectivity index (χ1v) is 6.23. The molecule has 19 heavy (non-hydrogen) atoms. The molecule has 0 fully saturated rings. The molecule has 98 valence electrons. The molecule has 0 atom stereocenters. The molecule has 2 aromatic rings. The Bertz CT molecular complexity index is 723. The maximum Gasteiger partial charge on any atom is 0.211 e. The minimum atomic E-state index is -0.397. The third-order valence-corrected chi connectivity index (χ3v) is 3.12. The molecule has 0 unspecified atom stereocenters. The second kappa shape index (κ2) is 5.15. The van der Waals surface area contributed by atoms with E-state index in [0.29, 0.717) is 21.4 Å². The van der Waals surface area contributed by atoms with Gasteiger partial charge in [-0.1, -0.05) is 23.2 Å². The Kier molecular flexibility index (Phi) is 3.73. The van der Waals surface area contributed by atoms with E-state index >= 15 is 0 Å². The van der Waals surface area contributed by atoms with Crippen LogP contribution < -0.4 is 5.43 Å². The van der Waals surface area contributed by atoms with Gasteiger partial charge in [-0.2, -0.15) is 5.10 Å². The molecule has 0 aliphatic carbocycles. The molecule has 0 bridgehead atoms. The Morgan fingerprint density at radius 1 is 1.26 bits per heavy atom. The van der Waals surface area contributed by atoms with Crippen molar-refractivity contribution in [1.29, 1.82) is 0 Å². The van der Waals surface area contributed by atoms with Crippen LogP contribution in [0.5, 0.6) is 0 Å². The summed E-state index contributed by atoms with van der Waals surface area (Å²) >= 11 is 11.9. The third-order valence-electron chi connectivity index (χ3n) is 2.58. The predicted octanol–water partition coefficient (Wildman–Crippen LogP) is 3.05. The van der Waals surface area contributed by atoms with Crippen molar-refractivity contribution < 1.29 is 4.79 Å². The highest BCUT2D eigenvalue weighted by atomic mass is 35.5. The smallest absolute Gasteiger partial charge is 0.211 e. The zero-order valence-corrected chi connectivity index (χ0v) is 11.8. The zero-order valence-electron chi connectivity index (χ0n) is 10.3. The van der Waals surface area contributed by atoms with E-state index in [1.165, 1.54) is 17.7 Å². The fraction of sp³-hybridized carbons (Fsp3) is 0.154. The summed E-state index contributed by atoms with van der Waals surface area (Å²) in [5.41, 5.74) is 0.633. The Balaban J connectivity index is 2.71. The first-order chi connectivity index (χ1) is 8.90. The third kappa shape index (κ3) is 2.69. The van der Waals surface area contributed by atoms with Gasteiger partial charge in [0.2, 0.25) is 5.43 Å². The highest BCUT2D eigenvalue weighted by Gasteiger charge is 2.13. The number of Topliss-reactive ketones (excluding diaryl/α,β-unsaturated/α-hetero) is 1. The number of aryl methyl sites for hydroxylation is 1. The standard InChI is InChI=1S/C13H10Cl2N2O2/c1-7-5-12(19)13(8(2)18)16-17(7)11-4-3-9(14)6-10(11)15/h3-6H,1-2H3. The van der Waals surface area contributed by atoms with Crippen molar-refractivity contribution in [2.24, 2.45) is 0 Å². The summed E-state index contributed by atoms with van der Waals surface area (Å²) in [5.74, 6) is -0.385. The summed E-state index contributed by atoms with van der Waals surface area (Å²) in [7, 11) is 0. The molecule has 0 saturated heterocycles. The van der Waals surface area contributed by atoms with Gasteiger partial charge in [-0.15, -0.1) is 0 Å². The molecule has 2 rings (SSSR count). The number of hydrogen-bond donors (Lipinski definition) is 0. The zero-order chi connectivity index (χ0) is 14.2. The van der Waals surface area contributed by atoms with E-state index in [0.717, 1.165) is 0 Å². The molecule has 0 amide bonds. The van der Waals surface area contributed by atoms with Crippen molar-refractivity contribution in [2.45, 2.75) is 13.8 Å². The normalized spacial score (nSPS) is 10.5. The molecule has 6 heteroatoms. The molecule has 0 N–H and O–H groups in total. The van der Waals surface area contributed by atoms with Gasteiger partial charge in [0.25, 0.3) is 0 Å². The highest BCUT2D eigenvalue weighted by Crippen LogP contribution is 2.24. The largest absolute Gasteiger partial charge is 0.293 e. The summed E-state index contributed by atoms with van der Waals surface area (Å²) in [4.78, 5) is 23.0. The number of benzene rings is 1. The van der Waals surface area contributed by atoms with E-state index in [1.807, 2.05) is 0 Å². The van der Waals surface area contributed by atoms with Crippen molar-refractivity contribution in [3.8, 4) is 5.69 Å². The van der Waals surface area contributed by atoms with E-state index in [9.17, 15) is 9.59 Å².